The van der Waals surface area contributed by atoms with Gasteiger partial charge in [-0.1, -0.05) is 25.3 Å². The predicted molar refractivity (Wildman–Crippen MR) is 97.3 cm³/mol. The minimum absolute atomic E-state index is 0.000563. The van der Waals surface area contributed by atoms with E-state index in [1.54, 1.807) is 10.9 Å². The van der Waals surface area contributed by atoms with Gasteiger partial charge in [0.2, 0.25) is 12.7 Å². The minimum Gasteiger partial charge on any atom is -0.454 e. The molecule has 1 saturated carbocycles. The molecular weight excluding hydrogens is 330 g/mol. The molecule has 2 aromatic rings. The number of hydrogen-bond donors (Lipinski definition) is 1. The molecule has 0 saturated heterocycles. The van der Waals surface area contributed by atoms with Crippen LogP contribution in [0.3, 0.4) is 0 Å². The summed E-state index contributed by atoms with van der Waals surface area (Å²) in [5, 5.41) is 7.35. The van der Waals surface area contributed by atoms with Gasteiger partial charge in [0, 0.05) is 24.4 Å². The average molecular weight is 355 g/mol. The lowest BCUT2D eigenvalue weighted by Gasteiger charge is -2.38. The molecule has 0 bridgehead atoms. The Bertz CT molecular complexity index is 767. The van der Waals surface area contributed by atoms with E-state index < -0.39 is 0 Å². The number of hydrogen-bond acceptors (Lipinski definition) is 4. The highest BCUT2D eigenvalue weighted by Crippen LogP contribution is 2.43. The number of amides is 1. The normalized spacial score (nSPS) is 19.1. The predicted octanol–water partition coefficient (Wildman–Crippen LogP) is 3.19. The molecule has 2 aliphatic rings. The van der Waals surface area contributed by atoms with Crippen LogP contribution in [0.15, 0.2) is 36.7 Å². The summed E-state index contributed by atoms with van der Waals surface area (Å²) < 4.78 is 12.7. The van der Waals surface area contributed by atoms with Gasteiger partial charge in [-0.15, -0.1) is 0 Å². The number of fused-ring (bicyclic) bond motifs is 1. The molecule has 1 amide bonds. The number of nitrogens with zero attached hydrogens (tertiary/aromatic N) is 2. The topological polar surface area (TPSA) is 65.4 Å². The molecule has 1 N–H and O–H groups in total. The van der Waals surface area contributed by atoms with Crippen molar-refractivity contribution in [2.45, 2.75) is 50.5 Å². The summed E-state index contributed by atoms with van der Waals surface area (Å²) >= 11 is 0. The maximum absolute atomic E-state index is 12.6. The van der Waals surface area contributed by atoms with Gasteiger partial charge in [-0.2, -0.15) is 5.10 Å². The lowest BCUT2D eigenvalue weighted by Crippen LogP contribution is -2.44. The van der Waals surface area contributed by atoms with Crippen molar-refractivity contribution in [2.75, 3.05) is 13.3 Å². The third-order valence-corrected chi connectivity index (χ3v) is 5.70. The summed E-state index contributed by atoms with van der Waals surface area (Å²) in [5.74, 6) is 1.61. The Morgan fingerprint density at radius 3 is 2.85 bits per heavy atom. The first-order valence-corrected chi connectivity index (χ1v) is 9.35. The third kappa shape index (κ3) is 3.16. The fourth-order valence-electron chi connectivity index (χ4n) is 4.06. The van der Waals surface area contributed by atoms with Gasteiger partial charge in [-0.3, -0.25) is 9.48 Å². The molecule has 1 unspecified atom stereocenters. The Morgan fingerprint density at radius 1 is 1.27 bits per heavy atom. The van der Waals surface area contributed by atoms with Gasteiger partial charge in [-0.25, -0.2) is 0 Å². The Labute approximate surface area is 153 Å². The molecule has 0 radical (unpaired) electrons. The van der Waals surface area contributed by atoms with Crippen molar-refractivity contribution in [1.29, 1.82) is 0 Å². The summed E-state index contributed by atoms with van der Waals surface area (Å²) in [6.45, 7) is 2.79. The Hall–Kier alpha value is -2.50. The van der Waals surface area contributed by atoms with Crippen molar-refractivity contribution in [3.63, 3.8) is 0 Å². The van der Waals surface area contributed by atoms with Crippen molar-refractivity contribution < 1.29 is 14.3 Å². The summed E-state index contributed by atoms with van der Waals surface area (Å²) in [7, 11) is 0. The Morgan fingerprint density at radius 2 is 2.08 bits per heavy atom. The molecule has 26 heavy (non-hydrogen) atoms. The van der Waals surface area contributed by atoms with Crippen LogP contribution in [-0.4, -0.2) is 29.0 Å². The fraction of sp³-hybridized carbons (Fsp3) is 0.500. The highest BCUT2D eigenvalue weighted by Gasteiger charge is 2.36. The molecule has 6 heteroatoms. The average Bonchev–Trinajstić information content (AvgIpc) is 3.37. The van der Waals surface area contributed by atoms with Crippen molar-refractivity contribution in [3.8, 4) is 11.5 Å². The Balaban J connectivity index is 1.52. The molecule has 4 rings (SSSR count). The molecule has 1 aromatic heterocycles. The van der Waals surface area contributed by atoms with E-state index in [1.165, 1.54) is 24.8 Å². The summed E-state index contributed by atoms with van der Waals surface area (Å²) in [5.41, 5.74) is 1.19. The molecule has 1 aliphatic heterocycles. The van der Waals surface area contributed by atoms with Gasteiger partial charge in [0.15, 0.2) is 11.5 Å². The van der Waals surface area contributed by atoms with Crippen LogP contribution in [0.2, 0.25) is 0 Å². The molecule has 1 aromatic carbocycles. The van der Waals surface area contributed by atoms with Gasteiger partial charge in [0.05, 0.1) is 0 Å². The largest absolute Gasteiger partial charge is 0.454 e. The zero-order valence-corrected chi connectivity index (χ0v) is 15.1. The molecule has 6 nitrogen and oxygen atoms in total. The van der Waals surface area contributed by atoms with Crippen LogP contribution in [0.4, 0.5) is 0 Å². The maximum atomic E-state index is 12.6. The van der Waals surface area contributed by atoms with Crippen molar-refractivity contribution in [2.24, 2.45) is 0 Å². The SMILES string of the molecule is CC(C(=O)NCC1(c2ccc3c(c2)OCO3)CCCCC1)n1cccn1. The number of nitrogens with one attached hydrogen (secondary N) is 1. The van der Waals surface area contributed by atoms with E-state index in [2.05, 4.69) is 22.5 Å². The van der Waals surface area contributed by atoms with Crippen LogP contribution < -0.4 is 14.8 Å². The quantitative estimate of drug-likeness (QED) is 0.894. The number of carbonyl (C=O) groups excluding carboxylic acids is 1. The highest BCUT2D eigenvalue weighted by molar-refractivity contribution is 5.79. The van der Waals surface area contributed by atoms with Gasteiger partial charge in [0.25, 0.3) is 0 Å². The smallest absolute Gasteiger partial charge is 0.244 e. The number of rotatable bonds is 5. The number of ether oxygens (including phenoxy) is 2. The molecule has 1 fully saturated rings. The van der Waals surface area contributed by atoms with Crippen LogP contribution in [0.1, 0.15) is 50.6 Å². The van der Waals surface area contributed by atoms with E-state index in [0.29, 0.717) is 6.54 Å². The summed E-state index contributed by atoms with van der Waals surface area (Å²) in [4.78, 5) is 12.6. The van der Waals surface area contributed by atoms with Crippen molar-refractivity contribution in [1.82, 2.24) is 15.1 Å². The molecule has 2 heterocycles. The van der Waals surface area contributed by atoms with E-state index in [0.717, 1.165) is 24.3 Å². The molecular formula is C20H25N3O3. The first kappa shape index (κ1) is 16.9. The van der Waals surface area contributed by atoms with Gasteiger partial charge >= 0.3 is 0 Å². The first-order chi connectivity index (χ1) is 12.7. The molecule has 1 aliphatic carbocycles. The number of carbonyl (C=O) groups is 1. The molecule has 1 atom stereocenters. The van der Waals surface area contributed by atoms with Crippen LogP contribution in [0, 0.1) is 0 Å². The van der Waals surface area contributed by atoms with E-state index in [-0.39, 0.29) is 24.2 Å². The highest BCUT2D eigenvalue weighted by atomic mass is 16.7. The number of benzene rings is 1. The summed E-state index contributed by atoms with van der Waals surface area (Å²) in [6.07, 6.45) is 9.27. The van der Waals surface area contributed by atoms with E-state index in [1.807, 2.05) is 25.3 Å². The van der Waals surface area contributed by atoms with E-state index in [9.17, 15) is 4.79 Å². The first-order valence-electron chi connectivity index (χ1n) is 9.35. The minimum atomic E-state index is -0.317. The van der Waals surface area contributed by atoms with E-state index in [4.69, 9.17) is 9.47 Å². The van der Waals surface area contributed by atoms with Crippen LogP contribution in [0.25, 0.3) is 0 Å². The zero-order valence-electron chi connectivity index (χ0n) is 15.1. The van der Waals surface area contributed by atoms with Crippen LogP contribution >= 0.6 is 0 Å². The second-order valence-electron chi connectivity index (χ2n) is 7.29. The Kier molecular flexibility index (Phi) is 4.57. The van der Waals surface area contributed by atoms with E-state index >= 15 is 0 Å². The van der Waals surface area contributed by atoms with Gasteiger partial charge in [-0.05, 0) is 43.5 Å². The second-order valence-corrected chi connectivity index (χ2v) is 7.29. The van der Waals surface area contributed by atoms with Gasteiger partial charge in [0.1, 0.15) is 6.04 Å². The van der Waals surface area contributed by atoms with Gasteiger partial charge < -0.3 is 14.8 Å². The third-order valence-electron chi connectivity index (χ3n) is 5.70. The number of aromatic nitrogens is 2. The maximum Gasteiger partial charge on any atom is 0.244 e. The lowest BCUT2D eigenvalue weighted by molar-refractivity contribution is -0.124. The standard InChI is InChI=1S/C20H25N3O3/c1-15(23-11-5-10-22-23)19(24)21-13-20(8-3-2-4-9-20)16-6-7-17-18(12-16)26-14-25-17/h5-7,10-12,15H,2-4,8-9,13-14H2,1H3,(H,21,24). The van der Waals surface area contributed by atoms with Crippen LogP contribution in [0.5, 0.6) is 11.5 Å². The van der Waals surface area contributed by atoms with Crippen molar-refractivity contribution >= 4 is 5.91 Å². The fourth-order valence-corrected chi connectivity index (χ4v) is 4.06. The van der Waals surface area contributed by atoms with Crippen molar-refractivity contribution in [3.05, 3.63) is 42.2 Å². The second kappa shape index (κ2) is 7.02. The molecule has 138 valence electrons. The molecule has 0 spiro atoms. The van der Waals surface area contributed by atoms with Crippen LogP contribution in [-0.2, 0) is 10.2 Å². The zero-order chi connectivity index (χ0) is 18.0. The summed E-state index contributed by atoms with van der Waals surface area (Å²) in [6, 6.07) is 7.72. The monoisotopic (exact) mass is 355 g/mol. The lowest BCUT2D eigenvalue weighted by atomic mass is 9.69.